The number of nitrogens with one attached hydrogen (secondary N) is 2. The number of hydrogen-bond donors (Lipinski definition) is 2. The monoisotopic (exact) mass is 484 g/mol. The number of carbonyl (C=O) groups excluding carboxylic acids is 3. The fraction of sp³-hybridized carbons (Fsp3) is 0.679. The highest BCUT2D eigenvalue weighted by molar-refractivity contribution is 5.95. The molecule has 1 heterocycles. The van der Waals surface area contributed by atoms with Gasteiger partial charge in [0.05, 0.1) is 0 Å². The molecule has 1 aromatic rings. The number of benzene rings is 1. The first kappa shape index (κ1) is 27.0. The van der Waals surface area contributed by atoms with Gasteiger partial charge in [0, 0.05) is 37.8 Å². The Morgan fingerprint density at radius 2 is 1.74 bits per heavy atom. The fourth-order valence-corrected chi connectivity index (χ4v) is 5.48. The molecule has 1 aromatic carbocycles. The van der Waals surface area contributed by atoms with Crippen LogP contribution in [0.1, 0.15) is 76.8 Å². The molecule has 35 heavy (non-hydrogen) atoms. The highest BCUT2D eigenvalue weighted by Crippen LogP contribution is 2.29. The summed E-state index contributed by atoms with van der Waals surface area (Å²) in [5.41, 5.74) is 2.74. The molecular weight excluding hydrogens is 440 g/mol. The number of hydrogen-bond acceptors (Lipinski definition) is 3. The van der Waals surface area contributed by atoms with Gasteiger partial charge in [-0.25, -0.2) is 4.79 Å². The summed E-state index contributed by atoms with van der Waals surface area (Å²) in [6.07, 6.45) is 7.47. The van der Waals surface area contributed by atoms with Gasteiger partial charge in [-0.1, -0.05) is 64.2 Å². The molecule has 1 aliphatic carbocycles. The van der Waals surface area contributed by atoms with Crippen LogP contribution >= 0.6 is 0 Å². The molecule has 0 aromatic heterocycles. The molecule has 3 rings (SSSR count). The lowest BCUT2D eigenvalue weighted by atomic mass is 9.97. The third kappa shape index (κ3) is 6.98. The number of amides is 4. The number of nitrogens with zero attached hydrogens (tertiary/aromatic N) is 2. The van der Waals surface area contributed by atoms with Crippen molar-refractivity contribution in [2.75, 3.05) is 25.0 Å². The Bertz CT molecular complexity index is 876. The van der Waals surface area contributed by atoms with Crippen molar-refractivity contribution in [1.82, 2.24) is 15.1 Å². The van der Waals surface area contributed by atoms with Gasteiger partial charge in [-0.05, 0) is 50.2 Å². The minimum absolute atomic E-state index is 0.00686. The van der Waals surface area contributed by atoms with E-state index in [4.69, 9.17) is 0 Å². The quantitative estimate of drug-likeness (QED) is 0.552. The summed E-state index contributed by atoms with van der Waals surface area (Å²) in [7, 11) is 0. The van der Waals surface area contributed by atoms with Gasteiger partial charge in [0.15, 0.2) is 0 Å². The van der Waals surface area contributed by atoms with Crippen molar-refractivity contribution in [3.63, 3.8) is 0 Å². The summed E-state index contributed by atoms with van der Waals surface area (Å²) >= 11 is 0. The van der Waals surface area contributed by atoms with Crippen LogP contribution in [0.3, 0.4) is 0 Å². The molecule has 2 fully saturated rings. The molecule has 4 amide bonds. The molecule has 0 bridgehead atoms. The Hall–Kier alpha value is -2.57. The first-order chi connectivity index (χ1) is 16.7. The number of anilines is 1. The van der Waals surface area contributed by atoms with Crippen LogP contribution in [0.4, 0.5) is 10.5 Å². The Balaban J connectivity index is 1.58. The van der Waals surface area contributed by atoms with E-state index in [1.54, 1.807) is 0 Å². The van der Waals surface area contributed by atoms with Crippen molar-refractivity contribution in [2.45, 2.75) is 91.6 Å². The van der Waals surface area contributed by atoms with Crippen LogP contribution < -0.4 is 10.6 Å². The lowest BCUT2D eigenvalue weighted by molar-refractivity contribution is -0.144. The highest BCUT2D eigenvalue weighted by Gasteiger charge is 2.35. The maximum Gasteiger partial charge on any atom is 0.319 e. The van der Waals surface area contributed by atoms with Crippen molar-refractivity contribution >= 4 is 23.5 Å². The van der Waals surface area contributed by atoms with E-state index < -0.39 is 6.04 Å². The first-order valence-electron chi connectivity index (χ1n) is 13.4. The number of piperazine rings is 1. The van der Waals surface area contributed by atoms with Gasteiger partial charge in [-0.15, -0.1) is 0 Å². The summed E-state index contributed by atoms with van der Waals surface area (Å²) in [6.45, 7) is 11.5. The van der Waals surface area contributed by atoms with E-state index in [1.165, 1.54) is 25.7 Å². The van der Waals surface area contributed by atoms with Crippen LogP contribution in [-0.4, -0.2) is 59.4 Å². The molecule has 0 radical (unpaired) electrons. The summed E-state index contributed by atoms with van der Waals surface area (Å²) in [5, 5.41) is 5.89. The van der Waals surface area contributed by atoms with E-state index in [-0.39, 0.29) is 29.8 Å². The maximum atomic E-state index is 13.5. The third-order valence-corrected chi connectivity index (χ3v) is 7.99. The van der Waals surface area contributed by atoms with E-state index in [0.29, 0.717) is 32.0 Å². The molecule has 3 atom stereocenters. The largest absolute Gasteiger partial charge is 0.337 e. The van der Waals surface area contributed by atoms with Crippen LogP contribution in [0.15, 0.2) is 18.2 Å². The van der Waals surface area contributed by atoms with Crippen molar-refractivity contribution < 1.29 is 14.4 Å². The van der Waals surface area contributed by atoms with Gasteiger partial charge < -0.3 is 20.4 Å². The molecule has 2 aliphatic rings. The predicted molar refractivity (Wildman–Crippen MR) is 140 cm³/mol. The smallest absolute Gasteiger partial charge is 0.319 e. The summed E-state index contributed by atoms with van der Waals surface area (Å²) < 4.78 is 0. The minimum atomic E-state index is -0.610. The zero-order chi connectivity index (χ0) is 25.5. The van der Waals surface area contributed by atoms with E-state index in [1.807, 2.05) is 62.6 Å². The molecule has 1 aliphatic heterocycles. The van der Waals surface area contributed by atoms with Crippen molar-refractivity contribution in [1.29, 1.82) is 0 Å². The number of aryl methyl sites for hydroxylation is 2. The van der Waals surface area contributed by atoms with Crippen LogP contribution in [0, 0.1) is 25.7 Å². The molecule has 7 heteroatoms. The van der Waals surface area contributed by atoms with Crippen LogP contribution in [0.5, 0.6) is 0 Å². The number of urea groups is 1. The highest BCUT2D eigenvalue weighted by atomic mass is 16.2. The van der Waals surface area contributed by atoms with Gasteiger partial charge in [0.2, 0.25) is 11.8 Å². The van der Waals surface area contributed by atoms with Gasteiger partial charge in [0.25, 0.3) is 0 Å². The standard InChI is InChI=1S/C28H44N4O3/c1-6-19(2)26(30-28(35)29-25-20(3)10-9-11-21(25)4)27(34)31-16-17-32(22(5)18-31)24(33)15-14-23-12-7-8-13-23/h9-11,19,22-23,26H,6-8,12-18H2,1-5H3,(H2,29,30,35). The fourth-order valence-electron chi connectivity index (χ4n) is 5.48. The van der Waals surface area contributed by atoms with Crippen LogP contribution in [0.2, 0.25) is 0 Å². The topological polar surface area (TPSA) is 81.8 Å². The zero-order valence-corrected chi connectivity index (χ0v) is 22.2. The number of rotatable bonds is 8. The van der Waals surface area contributed by atoms with Gasteiger partial charge in [0.1, 0.15) is 6.04 Å². The second-order valence-electron chi connectivity index (χ2n) is 10.6. The molecule has 3 unspecified atom stereocenters. The van der Waals surface area contributed by atoms with Crippen molar-refractivity contribution in [3.05, 3.63) is 29.3 Å². The lowest BCUT2D eigenvalue weighted by Crippen LogP contribution is -2.60. The summed E-state index contributed by atoms with van der Waals surface area (Å²) in [5.74, 6) is 0.837. The number of para-hydroxylation sites is 1. The minimum Gasteiger partial charge on any atom is -0.337 e. The van der Waals surface area contributed by atoms with Crippen LogP contribution in [0.25, 0.3) is 0 Å². The maximum absolute atomic E-state index is 13.5. The van der Waals surface area contributed by atoms with Crippen LogP contribution in [-0.2, 0) is 9.59 Å². The third-order valence-electron chi connectivity index (χ3n) is 7.99. The van der Waals surface area contributed by atoms with E-state index in [0.717, 1.165) is 29.7 Å². The average Bonchev–Trinajstić information content (AvgIpc) is 3.36. The molecule has 7 nitrogen and oxygen atoms in total. The normalized spacial score (nSPS) is 20.4. The summed E-state index contributed by atoms with van der Waals surface area (Å²) in [4.78, 5) is 43.0. The summed E-state index contributed by atoms with van der Waals surface area (Å²) in [6, 6.07) is 4.87. The second-order valence-corrected chi connectivity index (χ2v) is 10.6. The van der Waals surface area contributed by atoms with E-state index in [9.17, 15) is 14.4 Å². The van der Waals surface area contributed by atoms with Gasteiger partial charge in [-0.2, -0.15) is 0 Å². The Morgan fingerprint density at radius 3 is 2.34 bits per heavy atom. The van der Waals surface area contributed by atoms with Gasteiger partial charge >= 0.3 is 6.03 Å². The second kappa shape index (κ2) is 12.4. The Kier molecular flexibility index (Phi) is 9.58. The number of carbonyl (C=O) groups is 3. The lowest BCUT2D eigenvalue weighted by Gasteiger charge is -2.41. The van der Waals surface area contributed by atoms with Gasteiger partial charge in [-0.3, -0.25) is 9.59 Å². The van der Waals surface area contributed by atoms with E-state index in [2.05, 4.69) is 10.6 Å². The molecule has 2 N–H and O–H groups in total. The first-order valence-corrected chi connectivity index (χ1v) is 13.4. The Labute approximate surface area is 211 Å². The molecule has 194 valence electrons. The average molecular weight is 485 g/mol. The zero-order valence-electron chi connectivity index (χ0n) is 22.2. The molecular formula is C28H44N4O3. The van der Waals surface area contributed by atoms with E-state index >= 15 is 0 Å². The molecule has 0 spiro atoms. The van der Waals surface area contributed by atoms with Crippen molar-refractivity contribution in [2.24, 2.45) is 11.8 Å². The molecule has 1 saturated heterocycles. The predicted octanol–water partition coefficient (Wildman–Crippen LogP) is 4.87. The SMILES string of the molecule is CCC(C)C(NC(=O)Nc1c(C)cccc1C)C(=O)N1CCN(C(=O)CCC2CCCC2)C(C)C1. The van der Waals surface area contributed by atoms with Crippen molar-refractivity contribution in [3.8, 4) is 0 Å². The molecule has 1 saturated carbocycles. The Morgan fingerprint density at radius 1 is 1.09 bits per heavy atom.